The molecular weight excluding hydrogens is 284 g/mol. The summed E-state index contributed by atoms with van der Waals surface area (Å²) in [6.07, 6.45) is 0.646. The van der Waals surface area contributed by atoms with E-state index in [-0.39, 0.29) is 17.3 Å². The lowest BCUT2D eigenvalue weighted by Crippen LogP contribution is -2.45. The zero-order chi connectivity index (χ0) is 15.0. The number of aryl methyl sites for hydroxylation is 1. The van der Waals surface area contributed by atoms with E-state index in [0.29, 0.717) is 25.3 Å². The Labute approximate surface area is 118 Å². The molecule has 0 spiro atoms. The Kier molecular flexibility index (Phi) is 4.05. The molecule has 2 rings (SSSR count). The van der Waals surface area contributed by atoms with Crippen LogP contribution in [0.4, 0.5) is 5.82 Å². The van der Waals surface area contributed by atoms with Crippen LogP contribution in [0.3, 0.4) is 0 Å². The summed E-state index contributed by atoms with van der Waals surface area (Å²) in [7, 11) is -0.537. The number of nitrogen functional groups attached to an aromatic ring is 1. The minimum atomic E-state index is -3.73. The number of ether oxygens (including phenoxy) is 2. The predicted molar refractivity (Wildman–Crippen MR) is 72.7 cm³/mol. The lowest BCUT2D eigenvalue weighted by molar-refractivity contribution is -0.0120. The van der Waals surface area contributed by atoms with E-state index >= 15 is 0 Å². The highest BCUT2D eigenvalue weighted by molar-refractivity contribution is 7.89. The van der Waals surface area contributed by atoms with Crippen LogP contribution in [0.15, 0.2) is 4.90 Å². The second kappa shape index (κ2) is 5.32. The molecule has 1 fully saturated rings. The van der Waals surface area contributed by atoms with E-state index in [0.717, 1.165) is 0 Å². The standard InChI is InChI=1S/C11H20N4O4S/c1-8-9(10(12)14-15(8)2)20(16,17)13-6-11(18-3)4-5-19-7-11/h13H,4-7H2,1-3H3,(H2,12,14). The number of hydrogen-bond acceptors (Lipinski definition) is 6. The Bertz CT molecular complexity index is 590. The maximum atomic E-state index is 12.4. The molecule has 1 aromatic rings. The van der Waals surface area contributed by atoms with Crippen LogP contribution < -0.4 is 10.5 Å². The third-order valence-electron chi connectivity index (χ3n) is 3.66. The second-order valence-corrected chi connectivity index (χ2v) is 6.64. The van der Waals surface area contributed by atoms with Gasteiger partial charge in [0.2, 0.25) is 10.0 Å². The predicted octanol–water partition coefficient (Wildman–Crippen LogP) is -0.605. The molecule has 0 aliphatic carbocycles. The third kappa shape index (κ3) is 2.66. The molecule has 0 bridgehead atoms. The number of nitrogens with one attached hydrogen (secondary N) is 1. The Hall–Kier alpha value is -1.16. The van der Waals surface area contributed by atoms with Gasteiger partial charge in [0, 0.05) is 33.7 Å². The summed E-state index contributed by atoms with van der Waals surface area (Å²) >= 11 is 0. The van der Waals surface area contributed by atoms with E-state index < -0.39 is 15.6 Å². The first-order valence-electron chi connectivity index (χ1n) is 6.23. The molecule has 9 heteroatoms. The number of rotatable bonds is 5. The summed E-state index contributed by atoms with van der Waals surface area (Å²) in [4.78, 5) is 0.0187. The van der Waals surface area contributed by atoms with Crippen molar-refractivity contribution in [2.75, 3.05) is 32.6 Å². The van der Waals surface area contributed by atoms with Crippen molar-refractivity contribution in [1.29, 1.82) is 0 Å². The molecule has 1 saturated heterocycles. The van der Waals surface area contributed by atoms with Crippen LogP contribution >= 0.6 is 0 Å². The van der Waals surface area contributed by atoms with Crippen molar-refractivity contribution < 1.29 is 17.9 Å². The van der Waals surface area contributed by atoms with Gasteiger partial charge >= 0.3 is 0 Å². The zero-order valence-electron chi connectivity index (χ0n) is 11.8. The zero-order valence-corrected chi connectivity index (χ0v) is 12.7. The van der Waals surface area contributed by atoms with Crippen LogP contribution in [0.2, 0.25) is 0 Å². The normalized spacial score (nSPS) is 23.4. The lowest BCUT2D eigenvalue weighted by Gasteiger charge is -2.25. The van der Waals surface area contributed by atoms with E-state index in [1.165, 1.54) is 4.68 Å². The van der Waals surface area contributed by atoms with Gasteiger partial charge in [-0.1, -0.05) is 0 Å². The highest BCUT2D eigenvalue weighted by Crippen LogP contribution is 2.24. The minimum Gasteiger partial charge on any atom is -0.381 e. The van der Waals surface area contributed by atoms with E-state index in [9.17, 15) is 8.42 Å². The Morgan fingerprint density at radius 1 is 1.60 bits per heavy atom. The first-order chi connectivity index (χ1) is 9.31. The van der Waals surface area contributed by atoms with Crippen molar-refractivity contribution in [3.05, 3.63) is 5.69 Å². The van der Waals surface area contributed by atoms with Crippen LogP contribution in [0.25, 0.3) is 0 Å². The number of methoxy groups -OCH3 is 1. The van der Waals surface area contributed by atoms with Gasteiger partial charge in [-0.3, -0.25) is 4.68 Å². The van der Waals surface area contributed by atoms with Crippen LogP contribution in [0, 0.1) is 6.92 Å². The van der Waals surface area contributed by atoms with E-state index in [2.05, 4.69) is 9.82 Å². The Morgan fingerprint density at radius 3 is 2.75 bits per heavy atom. The number of anilines is 1. The number of sulfonamides is 1. The molecule has 3 N–H and O–H groups in total. The second-order valence-electron chi connectivity index (χ2n) is 4.94. The molecule has 2 heterocycles. The minimum absolute atomic E-state index is 0.00774. The molecule has 0 amide bonds. The van der Waals surface area contributed by atoms with Crippen molar-refractivity contribution >= 4 is 15.8 Å². The van der Waals surface area contributed by atoms with Crippen LogP contribution in [0.5, 0.6) is 0 Å². The first kappa shape index (κ1) is 15.2. The topological polar surface area (TPSA) is 108 Å². The molecule has 1 unspecified atom stereocenters. The van der Waals surface area contributed by atoms with Gasteiger partial charge in [-0.05, 0) is 6.92 Å². The molecule has 0 aromatic carbocycles. The highest BCUT2D eigenvalue weighted by atomic mass is 32.2. The maximum Gasteiger partial charge on any atom is 0.246 e. The summed E-state index contributed by atoms with van der Waals surface area (Å²) in [5.41, 5.74) is 5.55. The quantitative estimate of drug-likeness (QED) is 0.751. The van der Waals surface area contributed by atoms with Crippen LogP contribution in [-0.2, 0) is 26.5 Å². The van der Waals surface area contributed by atoms with Crippen molar-refractivity contribution in [2.24, 2.45) is 7.05 Å². The molecule has 114 valence electrons. The Morgan fingerprint density at radius 2 is 2.30 bits per heavy atom. The molecule has 1 aliphatic heterocycles. The summed E-state index contributed by atoms with van der Waals surface area (Å²) in [6.45, 7) is 2.72. The lowest BCUT2D eigenvalue weighted by atomic mass is 10.0. The molecule has 0 radical (unpaired) electrons. The average Bonchev–Trinajstić information content (AvgIpc) is 2.94. The van der Waals surface area contributed by atoms with Gasteiger partial charge in [0.1, 0.15) is 10.5 Å². The summed E-state index contributed by atoms with van der Waals surface area (Å²) < 4.78 is 39.4. The summed E-state index contributed by atoms with van der Waals surface area (Å²) in [6, 6.07) is 0. The van der Waals surface area contributed by atoms with E-state index in [1.807, 2.05) is 0 Å². The largest absolute Gasteiger partial charge is 0.381 e. The number of nitrogens with two attached hydrogens (primary N) is 1. The number of nitrogens with zero attached hydrogens (tertiary/aromatic N) is 2. The molecule has 20 heavy (non-hydrogen) atoms. The first-order valence-corrected chi connectivity index (χ1v) is 7.71. The van der Waals surface area contributed by atoms with Crippen molar-refractivity contribution in [3.8, 4) is 0 Å². The van der Waals surface area contributed by atoms with Crippen LogP contribution in [0.1, 0.15) is 12.1 Å². The molecule has 1 aliphatic rings. The molecule has 1 aromatic heterocycles. The van der Waals surface area contributed by atoms with Gasteiger partial charge < -0.3 is 15.2 Å². The van der Waals surface area contributed by atoms with Crippen molar-refractivity contribution in [3.63, 3.8) is 0 Å². The third-order valence-corrected chi connectivity index (χ3v) is 5.22. The fourth-order valence-electron chi connectivity index (χ4n) is 2.21. The van der Waals surface area contributed by atoms with E-state index in [4.69, 9.17) is 15.2 Å². The number of aromatic nitrogens is 2. The molecule has 1 atom stereocenters. The van der Waals surface area contributed by atoms with Crippen LogP contribution in [-0.4, -0.2) is 50.7 Å². The fraction of sp³-hybridized carbons (Fsp3) is 0.727. The van der Waals surface area contributed by atoms with Gasteiger partial charge in [0.05, 0.1) is 12.3 Å². The Balaban J connectivity index is 2.19. The smallest absolute Gasteiger partial charge is 0.246 e. The summed E-state index contributed by atoms with van der Waals surface area (Å²) in [5.74, 6) is -0.00774. The van der Waals surface area contributed by atoms with Gasteiger partial charge in [-0.25, -0.2) is 13.1 Å². The molecular formula is C11H20N4O4S. The maximum absolute atomic E-state index is 12.4. The van der Waals surface area contributed by atoms with Gasteiger partial charge in [-0.15, -0.1) is 0 Å². The highest BCUT2D eigenvalue weighted by Gasteiger charge is 2.37. The molecule has 8 nitrogen and oxygen atoms in total. The number of hydrogen-bond donors (Lipinski definition) is 2. The van der Waals surface area contributed by atoms with Gasteiger partial charge in [0.15, 0.2) is 5.82 Å². The molecule has 0 saturated carbocycles. The van der Waals surface area contributed by atoms with Crippen molar-refractivity contribution in [1.82, 2.24) is 14.5 Å². The fourth-order valence-corrected chi connectivity index (χ4v) is 3.64. The van der Waals surface area contributed by atoms with E-state index in [1.54, 1.807) is 21.1 Å². The van der Waals surface area contributed by atoms with Gasteiger partial charge in [0.25, 0.3) is 0 Å². The van der Waals surface area contributed by atoms with Crippen molar-refractivity contribution in [2.45, 2.75) is 23.8 Å². The summed E-state index contributed by atoms with van der Waals surface area (Å²) in [5, 5.41) is 3.91. The SMILES string of the molecule is COC1(CNS(=O)(=O)c2c(N)nn(C)c2C)CCOC1. The average molecular weight is 304 g/mol. The van der Waals surface area contributed by atoms with Gasteiger partial charge in [-0.2, -0.15) is 5.10 Å². The monoisotopic (exact) mass is 304 g/mol.